The third-order valence-corrected chi connectivity index (χ3v) is 3.32. The number of furan rings is 1. The highest BCUT2D eigenvalue weighted by Gasteiger charge is 2.18. The smallest absolute Gasteiger partial charge is 0.185 e. The van der Waals surface area contributed by atoms with Gasteiger partial charge in [-0.1, -0.05) is 0 Å². The number of morpholine rings is 1. The molecule has 0 unspecified atom stereocenters. The Morgan fingerprint density at radius 1 is 1.15 bits per heavy atom. The Balaban J connectivity index is 2.03. The summed E-state index contributed by atoms with van der Waals surface area (Å²) in [4.78, 5) is 12.8. The fraction of sp³-hybridized carbons (Fsp3) is 0.267. The van der Waals surface area contributed by atoms with E-state index in [9.17, 15) is 9.18 Å². The van der Waals surface area contributed by atoms with Crippen molar-refractivity contribution in [3.05, 3.63) is 41.9 Å². The fourth-order valence-electron chi connectivity index (χ4n) is 2.35. The molecule has 20 heavy (non-hydrogen) atoms. The van der Waals surface area contributed by atoms with Gasteiger partial charge in [-0.05, 0) is 30.3 Å². The Kier molecular flexibility index (Phi) is 3.52. The average molecular weight is 275 g/mol. The maximum absolute atomic E-state index is 13.5. The summed E-state index contributed by atoms with van der Waals surface area (Å²) in [5.41, 5.74) is 1.54. The van der Waals surface area contributed by atoms with Gasteiger partial charge < -0.3 is 14.1 Å². The zero-order chi connectivity index (χ0) is 13.9. The number of rotatable bonds is 3. The number of aldehydes is 1. The molecule has 5 heteroatoms. The van der Waals surface area contributed by atoms with Gasteiger partial charge in [-0.3, -0.25) is 4.79 Å². The molecular formula is C15H14FNO3. The van der Waals surface area contributed by atoms with E-state index in [4.69, 9.17) is 9.15 Å². The van der Waals surface area contributed by atoms with Crippen LogP contribution in [0.25, 0.3) is 11.3 Å². The number of hydrogen-bond donors (Lipinski definition) is 0. The lowest BCUT2D eigenvalue weighted by atomic mass is 10.1. The van der Waals surface area contributed by atoms with Crippen molar-refractivity contribution >= 4 is 12.0 Å². The zero-order valence-corrected chi connectivity index (χ0v) is 10.8. The summed E-state index contributed by atoms with van der Waals surface area (Å²) in [5, 5.41) is 0. The van der Waals surface area contributed by atoms with Gasteiger partial charge in [0.1, 0.15) is 11.6 Å². The molecule has 0 N–H and O–H groups in total. The summed E-state index contributed by atoms with van der Waals surface area (Å²) in [6.07, 6.45) is 0.636. The zero-order valence-electron chi connectivity index (χ0n) is 10.8. The predicted octanol–water partition coefficient (Wildman–Crippen LogP) is 2.73. The van der Waals surface area contributed by atoms with Crippen LogP contribution in [0.3, 0.4) is 0 Å². The third kappa shape index (κ3) is 2.44. The SMILES string of the molecule is O=Cc1ccc(-c2cc(F)ccc2N2CCOCC2)o1. The van der Waals surface area contributed by atoms with Crippen LogP contribution in [0.4, 0.5) is 10.1 Å². The lowest BCUT2D eigenvalue weighted by molar-refractivity contribution is 0.110. The van der Waals surface area contributed by atoms with E-state index in [1.54, 1.807) is 18.2 Å². The van der Waals surface area contributed by atoms with Gasteiger partial charge in [0, 0.05) is 24.3 Å². The normalized spacial score (nSPS) is 15.3. The van der Waals surface area contributed by atoms with Crippen molar-refractivity contribution in [2.45, 2.75) is 0 Å². The minimum Gasteiger partial charge on any atom is -0.453 e. The van der Waals surface area contributed by atoms with Crippen LogP contribution in [-0.2, 0) is 4.74 Å². The van der Waals surface area contributed by atoms with Crippen molar-refractivity contribution in [3.8, 4) is 11.3 Å². The number of hydrogen-bond acceptors (Lipinski definition) is 4. The lowest BCUT2D eigenvalue weighted by Crippen LogP contribution is -2.36. The molecule has 3 rings (SSSR count). The summed E-state index contributed by atoms with van der Waals surface area (Å²) < 4.78 is 24.3. The highest BCUT2D eigenvalue weighted by Crippen LogP contribution is 2.33. The molecule has 1 aliphatic heterocycles. The van der Waals surface area contributed by atoms with Crippen LogP contribution in [0.1, 0.15) is 10.6 Å². The van der Waals surface area contributed by atoms with Gasteiger partial charge in [-0.2, -0.15) is 0 Å². The van der Waals surface area contributed by atoms with Crippen LogP contribution >= 0.6 is 0 Å². The molecule has 0 spiro atoms. The van der Waals surface area contributed by atoms with Crippen LogP contribution in [-0.4, -0.2) is 32.6 Å². The first-order chi connectivity index (χ1) is 9.78. The number of carbonyl (C=O) groups is 1. The van der Waals surface area contributed by atoms with Gasteiger partial charge in [0.25, 0.3) is 0 Å². The van der Waals surface area contributed by atoms with Crippen molar-refractivity contribution in [1.29, 1.82) is 0 Å². The Morgan fingerprint density at radius 2 is 1.95 bits per heavy atom. The minimum atomic E-state index is -0.332. The van der Waals surface area contributed by atoms with E-state index in [1.807, 2.05) is 0 Å². The van der Waals surface area contributed by atoms with Gasteiger partial charge >= 0.3 is 0 Å². The molecule has 0 amide bonds. The van der Waals surface area contributed by atoms with Crippen molar-refractivity contribution in [2.75, 3.05) is 31.2 Å². The highest BCUT2D eigenvalue weighted by atomic mass is 19.1. The fourth-order valence-corrected chi connectivity index (χ4v) is 2.35. The standard InChI is InChI=1S/C15H14FNO3/c16-11-1-3-14(17-5-7-19-8-6-17)13(9-11)15-4-2-12(10-18)20-15/h1-4,9-10H,5-8H2. The van der Waals surface area contributed by atoms with E-state index >= 15 is 0 Å². The van der Waals surface area contributed by atoms with Crippen LogP contribution in [0.15, 0.2) is 34.7 Å². The van der Waals surface area contributed by atoms with Crippen LogP contribution in [0.5, 0.6) is 0 Å². The maximum Gasteiger partial charge on any atom is 0.185 e. The number of anilines is 1. The summed E-state index contributed by atoms with van der Waals surface area (Å²) >= 11 is 0. The van der Waals surface area contributed by atoms with Crippen molar-refractivity contribution in [1.82, 2.24) is 0 Å². The Bertz CT molecular complexity index is 617. The van der Waals surface area contributed by atoms with E-state index in [1.165, 1.54) is 12.1 Å². The molecule has 1 fully saturated rings. The first-order valence-corrected chi connectivity index (χ1v) is 6.45. The molecule has 2 aromatic rings. The predicted molar refractivity (Wildman–Crippen MR) is 72.5 cm³/mol. The molecule has 0 aliphatic carbocycles. The Hall–Kier alpha value is -2.14. The van der Waals surface area contributed by atoms with Crippen molar-refractivity contribution in [2.24, 2.45) is 0 Å². The summed E-state index contributed by atoms with van der Waals surface area (Å²) in [5.74, 6) is 0.395. The lowest BCUT2D eigenvalue weighted by Gasteiger charge is -2.30. The third-order valence-electron chi connectivity index (χ3n) is 3.32. The number of nitrogens with zero attached hydrogens (tertiary/aromatic N) is 1. The summed E-state index contributed by atoms with van der Waals surface area (Å²) in [6.45, 7) is 2.79. The van der Waals surface area contributed by atoms with Crippen LogP contribution < -0.4 is 4.90 Å². The van der Waals surface area contributed by atoms with Gasteiger partial charge in [-0.25, -0.2) is 4.39 Å². The van der Waals surface area contributed by atoms with Crippen molar-refractivity contribution in [3.63, 3.8) is 0 Å². The molecule has 4 nitrogen and oxygen atoms in total. The largest absolute Gasteiger partial charge is 0.453 e. The van der Waals surface area contributed by atoms with Gasteiger partial charge in [-0.15, -0.1) is 0 Å². The molecule has 1 aromatic carbocycles. The van der Waals surface area contributed by atoms with Gasteiger partial charge in [0.15, 0.2) is 12.0 Å². The number of halogens is 1. The molecule has 1 aliphatic rings. The second kappa shape index (κ2) is 5.46. The second-order valence-electron chi connectivity index (χ2n) is 4.58. The van der Waals surface area contributed by atoms with Crippen LogP contribution in [0, 0.1) is 5.82 Å². The number of benzene rings is 1. The summed E-state index contributed by atoms with van der Waals surface area (Å²) in [7, 11) is 0. The highest BCUT2D eigenvalue weighted by molar-refractivity contribution is 5.78. The quantitative estimate of drug-likeness (QED) is 0.808. The molecule has 0 radical (unpaired) electrons. The molecule has 104 valence electrons. The second-order valence-corrected chi connectivity index (χ2v) is 4.58. The molecular weight excluding hydrogens is 261 g/mol. The Morgan fingerprint density at radius 3 is 2.65 bits per heavy atom. The maximum atomic E-state index is 13.5. The van der Waals surface area contributed by atoms with E-state index in [0.717, 1.165) is 18.8 Å². The average Bonchev–Trinajstić information content (AvgIpc) is 2.97. The van der Waals surface area contributed by atoms with Crippen LogP contribution in [0.2, 0.25) is 0 Å². The van der Waals surface area contributed by atoms with E-state index in [2.05, 4.69) is 4.90 Å². The molecule has 2 heterocycles. The van der Waals surface area contributed by atoms with E-state index in [-0.39, 0.29) is 11.6 Å². The van der Waals surface area contributed by atoms with E-state index in [0.29, 0.717) is 30.8 Å². The molecule has 0 atom stereocenters. The molecule has 1 aromatic heterocycles. The Labute approximate surface area is 115 Å². The minimum absolute atomic E-state index is 0.234. The monoisotopic (exact) mass is 275 g/mol. The molecule has 1 saturated heterocycles. The van der Waals surface area contributed by atoms with Gasteiger partial charge in [0.05, 0.1) is 13.2 Å². The van der Waals surface area contributed by atoms with E-state index < -0.39 is 0 Å². The first kappa shape index (κ1) is 12.9. The molecule has 0 saturated carbocycles. The topological polar surface area (TPSA) is 42.7 Å². The number of ether oxygens (including phenoxy) is 1. The summed E-state index contributed by atoms with van der Waals surface area (Å²) in [6, 6.07) is 7.86. The van der Waals surface area contributed by atoms with Gasteiger partial charge in [0.2, 0.25) is 0 Å². The first-order valence-electron chi connectivity index (χ1n) is 6.45. The number of carbonyl (C=O) groups excluding carboxylic acids is 1. The molecule has 0 bridgehead atoms. The van der Waals surface area contributed by atoms with Crippen molar-refractivity contribution < 1.29 is 18.3 Å².